The van der Waals surface area contributed by atoms with E-state index >= 15 is 0 Å². The molecule has 1 N–H and O–H groups in total. The molecule has 6 nitrogen and oxygen atoms in total. The second-order valence-electron chi connectivity index (χ2n) is 6.93. The molecule has 0 amide bonds. The van der Waals surface area contributed by atoms with Crippen LogP contribution in [0.4, 0.5) is 0 Å². The maximum atomic E-state index is 12.4. The number of nitrogens with one attached hydrogen (secondary N) is 1. The van der Waals surface area contributed by atoms with Crippen LogP contribution in [0, 0.1) is 17.3 Å². The molecule has 0 bridgehead atoms. The van der Waals surface area contributed by atoms with E-state index in [1.54, 1.807) is 0 Å². The van der Waals surface area contributed by atoms with E-state index in [1.807, 2.05) is 20.8 Å². The van der Waals surface area contributed by atoms with Gasteiger partial charge in [0.15, 0.2) is 0 Å². The molecule has 130 valence electrons. The minimum absolute atomic E-state index is 0.178. The molecule has 0 aliphatic rings. The van der Waals surface area contributed by atoms with Gasteiger partial charge in [-0.3, -0.25) is 14.2 Å². The molecular weight excluding hydrogens is 296 g/mol. The lowest BCUT2D eigenvalue weighted by Gasteiger charge is -2.32. The van der Waals surface area contributed by atoms with Gasteiger partial charge in [0.1, 0.15) is 0 Å². The molecule has 1 heterocycles. The van der Waals surface area contributed by atoms with Crippen molar-refractivity contribution in [3.05, 3.63) is 33.1 Å². The van der Waals surface area contributed by atoms with Gasteiger partial charge in [-0.1, -0.05) is 27.7 Å². The van der Waals surface area contributed by atoms with Gasteiger partial charge in [-0.15, -0.1) is 0 Å². The smallest absolute Gasteiger partial charge is 0.328 e. The van der Waals surface area contributed by atoms with Crippen molar-refractivity contribution in [1.29, 1.82) is 0 Å². The fraction of sp³-hybridized carbons (Fsp3) is 0.706. The van der Waals surface area contributed by atoms with Gasteiger partial charge in [0.2, 0.25) is 0 Å². The van der Waals surface area contributed by atoms with Gasteiger partial charge in [-0.05, 0) is 31.6 Å². The van der Waals surface area contributed by atoms with Crippen LogP contribution in [0.3, 0.4) is 0 Å². The van der Waals surface area contributed by atoms with Crippen LogP contribution in [0.25, 0.3) is 0 Å². The zero-order chi connectivity index (χ0) is 17.6. The number of carbonyl (C=O) groups excluding carboxylic acids is 1. The number of hydrogen-bond acceptors (Lipinski definition) is 4. The highest BCUT2D eigenvalue weighted by Crippen LogP contribution is 2.35. The van der Waals surface area contributed by atoms with Crippen molar-refractivity contribution in [2.24, 2.45) is 17.3 Å². The minimum Gasteiger partial charge on any atom is -0.465 e. The number of hydrogen-bond donors (Lipinski definition) is 1. The molecular formula is C17H28N2O4. The third kappa shape index (κ3) is 5.08. The number of carbonyl (C=O) groups is 1. The van der Waals surface area contributed by atoms with E-state index in [4.69, 9.17) is 4.74 Å². The standard InChI is InChI=1S/C17H28N2O4/c1-12(2)11-17(5,13(3)4)15(21)23-10-6-9-19-14(20)7-8-18-16(19)22/h7-8,12-13H,6,9-11H2,1-5H3,(H,18,22). The summed E-state index contributed by atoms with van der Waals surface area (Å²) >= 11 is 0. The van der Waals surface area contributed by atoms with E-state index in [0.717, 1.165) is 11.0 Å². The highest BCUT2D eigenvalue weighted by Gasteiger charge is 2.38. The van der Waals surface area contributed by atoms with Gasteiger partial charge in [0.25, 0.3) is 5.56 Å². The van der Waals surface area contributed by atoms with Crippen LogP contribution in [0.2, 0.25) is 0 Å². The Balaban J connectivity index is 2.59. The number of rotatable bonds is 8. The summed E-state index contributed by atoms with van der Waals surface area (Å²) in [5, 5.41) is 0. The average molecular weight is 324 g/mol. The summed E-state index contributed by atoms with van der Waals surface area (Å²) in [5.41, 5.74) is -1.32. The highest BCUT2D eigenvalue weighted by atomic mass is 16.5. The Hall–Kier alpha value is -1.85. The number of aromatic amines is 1. The Bertz CT molecular complexity index is 602. The molecule has 0 aliphatic carbocycles. The van der Waals surface area contributed by atoms with Crippen molar-refractivity contribution < 1.29 is 9.53 Å². The largest absolute Gasteiger partial charge is 0.465 e. The lowest BCUT2D eigenvalue weighted by Crippen LogP contribution is -2.37. The molecule has 0 radical (unpaired) electrons. The fourth-order valence-corrected chi connectivity index (χ4v) is 2.62. The van der Waals surface area contributed by atoms with Crippen LogP contribution in [-0.2, 0) is 16.1 Å². The fourth-order valence-electron chi connectivity index (χ4n) is 2.62. The van der Waals surface area contributed by atoms with Crippen LogP contribution in [0.5, 0.6) is 0 Å². The van der Waals surface area contributed by atoms with Crippen molar-refractivity contribution in [1.82, 2.24) is 9.55 Å². The van der Waals surface area contributed by atoms with Crippen molar-refractivity contribution in [2.75, 3.05) is 6.61 Å². The summed E-state index contributed by atoms with van der Waals surface area (Å²) < 4.78 is 6.51. The van der Waals surface area contributed by atoms with Crippen LogP contribution in [0.1, 0.15) is 47.5 Å². The number of esters is 1. The molecule has 1 aromatic rings. The van der Waals surface area contributed by atoms with Gasteiger partial charge < -0.3 is 9.72 Å². The molecule has 1 rings (SSSR count). The van der Waals surface area contributed by atoms with E-state index in [1.165, 1.54) is 12.3 Å². The summed E-state index contributed by atoms with van der Waals surface area (Å²) in [6.45, 7) is 10.6. The third-order valence-corrected chi connectivity index (χ3v) is 4.28. The molecule has 0 aromatic carbocycles. The quantitative estimate of drug-likeness (QED) is 0.587. The Morgan fingerprint density at radius 3 is 2.48 bits per heavy atom. The van der Waals surface area contributed by atoms with Crippen molar-refractivity contribution in [3.8, 4) is 0 Å². The minimum atomic E-state index is -0.519. The number of aromatic nitrogens is 2. The summed E-state index contributed by atoms with van der Waals surface area (Å²) in [6.07, 6.45) is 2.51. The van der Waals surface area contributed by atoms with Crippen LogP contribution < -0.4 is 11.2 Å². The zero-order valence-electron chi connectivity index (χ0n) is 14.7. The first-order valence-electron chi connectivity index (χ1n) is 8.14. The zero-order valence-corrected chi connectivity index (χ0v) is 14.7. The summed E-state index contributed by atoms with van der Waals surface area (Å²) in [7, 11) is 0. The molecule has 0 fully saturated rings. The predicted octanol–water partition coefficient (Wildman–Crippen LogP) is 2.18. The maximum Gasteiger partial charge on any atom is 0.328 e. The second-order valence-corrected chi connectivity index (χ2v) is 6.93. The van der Waals surface area contributed by atoms with Crippen LogP contribution in [-0.4, -0.2) is 22.1 Å². The van der Waals surface area contributed by atoms with Crippen molar-refractivity contribution >= 4 is 5.97 Å². The van der Waals surface area contributed by atoms with Crippen molar-refractivity contribution in [2.45, 2.75) is 54.0 Å². The van der Waals surface area contributed by atoms with Gasteiger partial charge in [-0.2, -0.15) is 0 Å². The first-order valence-corrected chi connectivity index (χ1v) is 8.14. The topological polar surface area (TPSA) is 81.2 Å². The number of nitrogens with zero attached hydrogens (tertiary/aromatic N) is 1. The summed E-state index contributed by atoms with van der Waals surface area (Å²) in [5.74, 6) is 0.365. The second kappa shape index (κ2) is 8.13. The molecule has 6 heteroatoms. The Morgan fingerprint density at radius 2 is 1.96 bits per heavy atom. The lowest BCUT2D eigenvalue weighted by molar-refractivity contribution is -0.159. The average Bonchev–Trinajstić information content (AvgIpc) is 2.44. The van der Waals surface area contributed by atoms with E-state index in [9.17, 15) is 14.4 Å². The van der Waals surface area contributed by atoms with E-state index < -0.39 is 11.1 Å². The monoisotopic (exact) mass is 324 g/mol. The summed E-state index contributed by atoms with van der Waals surface area (Å²) in [4.78, 5) is 38.0. The predicted molar refractivity (Wildman–Crippen MR) is 89.3 cm³/mol. The van der Waals surface area contributed by atoms with E-state index in [0.29, 0.717) is 12.3 Å². The molecule has 1 unspecified atom stereocenters. The molecule has 0 saturated heterocycles. The number of H-pyrrole nitrogens is 1. The van der Waals surface area contributed by atoms with E-state index in [-0.39, 0.29) is 30.6 Å². The Morgan fingerprint density at radius 1 is 1.30 bits per heavy atom. The molecule has 1 atom stereocenters. The van der Waals surface area contributed by atoms with Crippen LogP contribution >= 0.6 is 0 Å². The van der Waals surface area contributed by atoms with Crippen molar-refractivity contribution in [3.63, 3.8) is 0 Å². The van der Waals surface area contributed by atoms with Crippen LogP contribution in [0.15, 0.2) is 21.9 Å². The molecule has 1 aromatic heterocycles. The van der Waals surface area contributed by atoms with Gasteiger partial charge in [0.05, 0.1) is 12.0 Å². The SMILES string of the molecule is CC(C)CC(C)(C(=O)OCCCn1c(=O)cc[nH]c1=O)C(C)C. The molecule has 0 saturated carbocycles. The lowest BCUT2D eigenvalue weighted by atomic mass is 9.73. The highest BCUT2D eigenvalue weighted by molar-refractivity contribution is 5.76. The van der Waals surface area contributed by atoms with Gasteiger partial charge in [-0.25, -0.2) is 4.79 Å². The third-order valence-electron chi connectivity index (χ3n) is 4.28. The Labute approximate surface area is 136 Å². The molecule has 23 heavy (non-hydrogen) atoms. The maximum absolute atomic E-state index is 12.4. The number of ether oxygens (including phenoxy) is 1. The van der Waals surface area contributed by atoms with Gasteiger partial charge in [0, 0.05) is 18.8 Å². The summed E-state index contributed by atoms with van der Waals surface area (Å²) in [6, 6.07) is 1.30. The van der Waals surface area contributed by atoms with Gasteiger partial charge >= 0.3 is 11.7 Å². The van der Waals surface area contributed by atoms with E-state index in [2.05, 4.69) is 18.8 Å². The molecule has 0 aliphatic heterocycles. The first kappa shape index (κ1) is 19.2. The molecule has 0 spiro atoms. The normalized spacial score (nSPS) is 14.0. The Kier molecular flexibility index (Phi) is 6.79. The first-order chi connectivity index (χ1) is 10.7.